The molecule has 0 saturated carbocycles. The Morgan fingerprint density at radius 2 is 1.53 bits per heavy atom. The van der Waals surface area contributed by atoms with Gasteiger partial charge in [0.05, 0.1) is 11.5 Å². The Balaban J connectivity index is 4.57. The van der Waals surface area contributed by atoms with Crippen molar-refractivity contribution in [2.45, 2.75) is 66.6 Å². The zero-order valence-corrected chi connectivity index (χ0v) is 11.9. The predicted octanol–water partition coefficient (Wildman–Crippen LogP) is 2.70. The van der Waals surface area contributed by atoms with E-state index in [1.54, 1.807) is 41.5 Å². The number of carbonyl (C=O) groups is 2. The van der Waals surface area contributed by atoms with Crippen LogP contribution < -0.4 is 0 Å². The van der Waals surface area contributed by atoms with Gasteiger partial charge in [0.25, 0.3) is 0 Å². The first kappa shape index (κ1) is 15.9. The number of hydrogen-bond acceptors (Lipinski definition) is 4. The fourth-order valence-corrected chi connectivity index (χ4v) is 0.834. The molecule has 17 heavy (non-hydrogen) atoms. The van der Waals surface area contributed by atoms with Gasteiger partial charge >= 0.3 is 11.9 Å². The van der Waals surface area contributed by atoms with Crippen LogP contribution in [0.1, 0.15) is 54.9 Å². The summed E-state index contributed by atoms with van der Waals surface area (Å²) in [5, 5.41) is 0. The largest absolute Gasteiger partial charge is 0.460 e. The number of carbonyl (C=O) groups excluding carboxylic acids is 2. The minimum atomic E-state index is -1.24. The second kappa shape index (κ2) is 5.52. The highest BCUT2D eigenvalue weighted by molar-refractivity contribution is 5.84. The van der Waals surface area contributed by atoms with Crippen molar-refractivity contribution in [3.8, 4) is 0 Å². The molecule has 0 fully saturated rings. The van der Waals surface area contributed by atoms with Crippen molar-refractivity contribution in [2.75, 3.05) is 0 Å². The Kier molecular flexibility index (Phi) is 5.17. The van der Waals surface area contributed by atoms with Crippen LogP contribution in [0.25, 0.3) is 0 Å². The maximum atomic E-state index is 11.8. The fourth-order valence-electron chi connectivity index (χ4n) is 0.834. The van der Waals surface area contributed by atoms with Crippen LogP contribution in [0, 0.1) is 5.41 Å². The molecule has 0 amide bonds. The zero-order chi connectivity index (χ0) is 13.9. The van der Waals surface area contributed by atoms with Crippen LogP contribution in [0.15, 0.2) is 0 Å². The summed E-state index contributed by atoms with van der Waals surface area (Å²) in [5.41, 5.74) is -1.87. The molecule has 0 spiro atoms. The lowest BCUT2D eigenvalue weighted by molar-refractivity contribution is -0.186. The van der Waals surface area contributed by atoms with Gasteiger partial charge in [-0.2, -0.15) is 0 Å². The second-order valence-corrected chi connectivity index (χ2v) is 5.77. The number of hydrogen-bond donors (Lipinski definition) is 0. The molecule has 100 valence electrons. The van der Waals surface area contributed by atoms with Gasteiger partial charge in [0.15, 0.2) is 0 Å². The van der Waals surface area contributed by atoms with Crippen LogP contribution in [0.2, 0.25) is 0 Å². The van der Waals surface area contributed by atoms with Crippen molar-refractivity contribution in [3.05, 3.63) is 0 Å². The average molecular weight is 244 g/mol. The summed E-state index contributed by atoms with van der Waals surface area (Å²) in [6.07, 6.45) is 0.560. The monoisotopic (exact) mass is 244 g/mol. The Labute approximate surface area is 104 Å². The van der Waals surface area contributed by atoms with E-state index in [1.165, 1.54) is 0 Å². The van der Waals surface area contributed by atoms with E-state index in [-0.39, 0.29) is 6.10 Å². The minimum absolute atomic E-state index is 0.171. The molecule has 0 rings (SSSR count). The summed E-state index contributed by atoms with van der Waals surface area (Å²) < 4.78 is 10.4. The Morgan fingerprint density at radius 1 is 1.06 bits per heavy atom. The molecule has 0 saturated heterocycles. The van der Waals surface area contributed by atoms with E-state index >= 15 is 0 Å². The van der Waals surface area contributed by atoms with Crippen LogP contribution in [0.3, 0.4) is 0 Å². The van der Waals surface area contributed by atoms with Gasteiger partial charge in [-0.3, -0.25) is 4.79 Å². The Hall–Kier alpha value is -1.06. The van der Waals surface area contributed by atoms with Gasteiger partial charge in [0.1, 0.15) is 0 Å². The molecule has 0 radical (unpaired) electrons. The predicted molar refractivity (Wildman–Crippen MR) is 65.5 cm³/mol. The van der Waals surface area contributed by atoms with Gasteiger partial charge in [-0.15, -0.1) is 0 Å². The van der Waals surface area contributed by atoms with Gasteiger partial charge in [0, 0.05) is 0 Å². The quantitative estimate of drug-likeness (QED) is 0.713. The first-order valence-electron chi connectivity index (χ1n) is 5.95. The van der Waals surface area contributed by atoms with Gasteiger partial charge in [0.2, 0.25) is 5.60 Å². The van der Waals surface area contributed by atoms with E-state index < -0.39 is 23.0 Å². The molecule has 4 heteroatoms. The highest BCUT2D eigenvalue weighted by atomic mass is 16.6. The molecule has 0 aromatic heterocycles. The van der Waals surface area contributed by atoms with E-state index in [1.807, 2.05) is 6.92 Å². The Bertz CT molecular complexity index is 286. The third kappa shape index (κ3) is 5.20. The molecule has 0 bridgehead atoms. The average Bonchev–Trinajstić information content (AvgIpc) is 2.15. The highest BCUT2D eigenvalue weighted by Gasteiger charge is 2.37. The molecule has 4 nitrogen and oxygen atoms in total. The van der Waals surface area contributed by atoms with Crippen LogP contribution in [0.5, 0.6) is 0 Å². The third-order valence-corrected chi connectivity index (χ3v) is 2.33. The van der Waals surface area contributed by atoms with Crippen LogP contribution >= 0.6 is 0 Å². The van der Waals surface area contributed by atoms with Crippen molar-refractivity contribution >= 4 is 11.9 Å². The zero-order valence-electron chi connectivity index (χ0n) is 11.9. The SMILES string of the molecule is CCC(C)OC(=O)C(C)(C)OC(=O)C(C)(C)C. The standard InChI is InChI=1S/C13H24O4/c1-8-9(2)16-11(15)13(6,7)17-10(14)12(3,4)5/h9H,8H2,1-7H3. The van der Waals surface area contributed by atoms with Crippen molar-refractivity contribution in [1.29, 1.82) is 0 Å². The van der Waals surface area contributed by atoms with Crippen molar-refractivity contribution < 1.29 is 19.1 Å². The van der Waals surface area contributed by atoms with E-state index in [9.17, 15) is 9.59 Å². The van der Waals surface area contributed by atoms with E-state index in [2.05, 4.69) is 0 Å². The van der Waals surface area contributed by atoms with Crippen molar-refractivity contribution in [1.82, 2.24) is 0 Å². The third-order valence-electron chi connectivity index (χ3n) is 2.33. The molecule has 1 unspecified atom stereocenters. The minimum Gasteiger partial charge on any atom is -0.460 e. The van der Waals surface area contributed by atoms with Gasteiger partial charge in [-0.1, -0.05) is 6.92 Å². The second-order valence-electron chi connectivity index (χ2n) is 5.77. The number of esters is 2. The maximum absolute atomic E-state index is 11.8. The smallest absolute Gasteiger partial charge is 0.350 e. The molecular formula is C13H24O4. The normalized spacial score (nSPS) is 14.1. The van der Waals surface area contributed by atoms with Gasteiger partial charge in [-0.25, -0.2) is 4.79 Å². The summed E-state index contributed by atoms with van der Waals surface area (Å²) >= 11 is 0. The molecule has 0 heterocycles. The van der Waals surface area contributed by atoms with Gasteiger partial charge < -0.3 is 9.47 Å². The molecule has 1 atom stereocenters. The van der Waals surface area contributed by atoms with Crippen LogP contribution in [-0.2, 0) is 19.1 Å². The van der Waals surface area contributed by atoms with Crippen LogP contribution in [0.4, 0.5) is 0 Å². The summed E-state index contributed by atoms with van der Waals surface area (Å²) in [7, 11) is 0. The molecular weight excluding hydrogens is 220 g/mol. The molecule has 0 aliphatic rings. The topological polar surface area (TPSA) is 52.6 Å². The first-order chi connectivity index (χ1) is 7.50. The van der Waals surface area contributed by atoms with Crippen molar-refractivity contribution in [3.63, 3.8) is 0 Å². The highest BCUT2D eigenvalue weighted by Crippen LogP contribution is 2.22. The molecule has 0 aliphatic carbocycles. The molecule has 0 aliphatic heterocycles. The summed E-state index contributed by atoms with van der Waals surface area (Å²) in [6, 6.07) is 0. The summed E-state index contributed by atoms with van der Waals surface area (Å²) in [5.74, 6) is -0.923. The fraction of sp³-hybridized carbons (Fsp3) is 0.846. The van der Waals surface area contributed by atoms with E-state index in [0.717, 1.165) is 6.42 Å². The molecule has 0 aromatic carbocycles. The summed E-state index contributed by atoms with van der Waals surface area (Å²) in [6.45, 7) is 12.0. The number of ether oxygens (including phenoxy) is 2. The Morgan fingerprint density at radius 3 is 1.88 bits per heavy atom. The number of rotatable bonds is 4. The van der Waals surface area contributed by atoms with Crippen LogP contribution in [-0.4, -0.2) is 23.6 Å². The van der Waals surface area contributed by atoms with E-state index in [0.29, 0.717) is 0 Å². The van der Waals surface area contributed by atoms with E-state index in [4.69, 9.17) is 9.47 Å². The molecule has 0 aromatic rings. The summed E-state index contributed by atoms with van der Waals surface area (Å²) in [4.78, 5) is 23.5. The lowest BCUT2D eigenvalue weighted by Gasteiger charge is -2.28. The lowest BCUT2D eigenvalue weighted by Crippen LogP contribution is -2.42. The first-order valence-corrected chi connectivity index (χ1v) is 5.95. The van der Waals surface area contributed by atoms with Gasteiger partial charge in [-0.05, 0) is 48.0 Å². The van der Waals surface area contributed by atoms with Crippen molar-refractivity contribution in [2.24, 2.45) is 5.41 Å². The maximum Gasteiger partial charge on any atom is 0.350 e. The molecule has 0 N–H and O–H groups in total. The lowest BCUT2D eigenvalue weighted by atomic mass is 9.96.